The lowest BCUT2D eigenvalue weighted by Crippen LogP contribution is -2.43. The van der Waals surface area contributed by atoms with Crippen molar-refractivity contribution < 1.29 is 14.7 Å². The number of amides is 2. The fourth-order valence-electron chi connectivity index (χ4n) is 2.52. The monoisotopic (exact) mass is 270 g/mol. The molecule has 0 saturated carbocycles. The Morgan fingerprint density at radius 1 is 1.53 bits per heavy atom. The molecule has 1 atom stereocenters. The largest absolute Gasteiger partial charge is 0.389 e. The third-order valence-electron chi connectivity index (χ3n) is 3.15. The summed E-state index contributed by atoms with van der Waals surface area (Å²) in [5.74, 6) is 0.149. The molecule has 5 heteroatoms. The van der Waals surface area contributed by atoms with Gasteiger partial charge < -0.3 is 14.9 Å². The Hall–Kier alpha value is -1.10. The van der Waals surface area contributed by atoms with Crippen molar-refractivity contribution in [2.75, 3.05) is 26.7 Å². The van der Waals surface area contributed by atoms with Crippen LogP contribution in [0.25, 0.3) is 0 Å². The predicted octanol–water partition coefficient (Wildman–Crippen LogP) is 0.720. The van der Waals surface area contributed by atoms with Crippen LogP contribution in [-0.4, -0.2) is 59.0 Å². The molecule has 1 aliphatic heterocycles. The molecule has 1 heterocycles. The first-order valence-electron chi connectivity index (χ1n) is 6.85. The summed E-state index contributed by atoms with van der Waals surface area (Å²) >= 11 is 0. The second kappa shape index (κ2) is 5.90. The molecular weight excluding hydrogens is 244 g/mol. The lowest BCUT2D eigenvalue weighted by atomic mass is 10.1. The second-order valence-electron chi connectivity index (χ2n) is 6.60. The van der Waals surface area contributed by atoms with Crippen molar-refractivity contribution in [3.63, 3.8) is 0 Å². The van der Waals surface area contributed by atoms with Crippen LogP contribution in [0.1, 0.15) is 34.1 Å². The molecule has 1 rings (SSSR count). The van der Waals surface area contributed by atoms with Gasteiger partial charge in [-0.3, -0.25) is 9.59 Å². The SMILES string of the molecule is CC(C)CN1CC(C(=O)N(C)CC(C)(C)O)CC1=O. The van der Waals surface area contributed by atoms with Gasteiger partial charge in [0, 0.05) is 33.1 Å². The van der Waals surface area contributed by atoms with Gasteiger partial charge in [0.15, 0.2) is 0 Å². The molecule has 0 aromatic heterocycles. The van der Waals surface area contributed by atoms with Crippen LogP contribution in [0.15, 0.2) is 0 Å². The van der Waals surface area contributed by atoms with E-state index in [1.165, 1.54) is 4.90 Å². The molecule has 1 saturated heterocycles. The van der Waals surface area contributed by atoms with Crippen LogP contribution < -0.4 is 0 Å². The normalized spacial score (nSPS) is 20.3. The van der Waals surface area contributed by atoms with Crippen molar-refractivity contribution in [1.29, 1.82) is 0 Å². The molecule has 1 N–H and O–H groups in total. The summed E-state index contributed by atoms with van der Waals surface area (Å²) < 4.78 is 0. The van der Waals surface area contributed by atoms with E-state index in [4.69, 9.17) is 0 Å². The molecular formula is C14H26N2O3. The van der Waals surface area contributed by atoms with Crippen molar-refractivity contribution >= 4 is 11.8 Å². The fourth-order valence-corrected chi connectivity index (χ4v) is 2.52. The van der Waals surface area contributed by atoms with Crippen LogP contribution in [0.2, 0.25) is 0 Å². The number of rotatable bonds is 5. The van der Waals surface area contributed by atoms with E-state index in [9.17, 15) is 14.7 Å². The van der Waals surface area contributed by atoms with Crippen LogP contribution in [-0.2, 0) is 9.59 Å². The molecule has 1 fully saturated rings. The van der Waals surface area contributed by atoms with Crippen LogP contribution in [0.3, 0.4) is 0 Å². The summed E-state index contributed by atoms with van der Waals surface area (Å²) in [5.41, 5.74) is -0.912. The highest BCUT2D eigenvalue weighted by Crippen LogP contribution is 2.21. The van der Waals surface area contributed by atoms with E-state index in [1.54, 1.807) is 25.8 Å². The summed E-state index contributed by atoms with van der Waals surface area (Å²) in [5, 5.41) is 9.73. The molecule has 19 heavy (non-hydrogen) atoms. The molecule has 0 bridgehead atoms. The lowest BCUT2D eigenvalue weighted by Gasteiger charge is -2.27. The third-order valence-corrected chi connectivity index (χ3v) is 3.15. The zero-order valence-corrected chi connectivity index (χ0v) is 12.6. The van der Waals surface area contributed by atoms with E-state index in [-0.39, 0.29) is 24.3 Å². The van der Waals surface area contributed by atoms with Gasteiger partial charge in [-0.15, -0.1) is 0 Å². The van der Waals surface area contributed by atoms with Crippen molar-refractivity contribution in [1.82, 2.24) is 9.80 Å². The molecule has 0 aromatic rings. The maximum atomic E-state index is 12.2. The van der Waals surface area contributed by atoms with Crippen LogP contribution in [0.5, 0.6) is 0 Å². The van der Waals surface area contributed by atoms with Crippen molar-refractivity contribution in [2.24, 2.45) is 11.8 Å². The summed E-state index contributed by atoms with van der Waals surface area (Å²) in [6, 6.07) is 0. The average molecular weight is 270 g/mol. The molecule has 110 valence electrons. The maximum Gasteiger partial charge on any atom is 0.227 e. The Morgan fingerprint density at radius 3 is 2.58 bits per heavy atom. The molecule has 0 spiro atoms. The average Bonchev–Trinajstić information content (AvgIpc) is 2.55. The fraction of sp³-hybridized carbons (Fsp3) is 0.857. The van der Waals surface area contributed by atoms with Gasteiger partial charge in [-0.2, -0.15) is 0 Å². The molecule has 5 nitrogen and oxygen atoms in total. The van der Waals surface area contributed by atoms with E-state index in [0.717, 1.165) is 0 Å². The van der Waals surface area contributed by atoms with Crippen molar-refractivity contribution in [3.8, 4) is 0 Å². The Balaban J connectivity index is 2.58. The number of hydrogen-bond donors (Lipinski definition) is 1. The maximum absolute atomic E-state index is 12.2. The molecule has 1 unspecified atom stereocenters. The minimum absolute atomic E-state index is 0.0540. The van der Waals surface area contributed by atoms with Gasteiger partial charge in [0.05, 0.1) is 11.5 Å². The van der Waals surface area contributed by atoms with Crippen LogP contribution in [0, 0.1) is 11.8 Å². The van der Waals surface area contributed by atoms with E-state index in [1.807, 2.05) is 0 Å². The van der Waals surface area contributed by atoms with E-state index < -0.39 is 5.60 Å². The van der Waals surface area contributed by atoms with Gasteiger partial charge in [0.2, 0.25) is 11.8 Å². The van der Waals surface area contributed by atoms with Crippen LogP contribution in [0.4, 0.5) is 0 Å². The molecule has 2 amide bonds. The Morgan fingerprint density at radius 2 is 2.11 bits per heavy atom. The Kier molecular flexibility index (Phi) is 4.96. The van der Waals surface area contributed by atoms with Gasteiger partial charge in [0.1, 0.15) is 0 Å². The van der Waals surface area contributed by atoms with E-state index in [0.29, 0.717) is 25.4 Å². The highest BCUT2D eigenvalue weighted by Gasteiger charge is 2.36. The standard InChI is InChI=1S/C14H26N2O3/c1-10(2)7-16-8-11(6-12(16)17)13(18)15(5)9-14(3,4)19/h10-11,19H,6-9H2,1-5H3. The molecule has 0 aromatic carbocycles. The van der Waals surface area contributed by atoms with Crippen molar-refractivity contribution in [2.45, 2.75) is 39.7 Å². The lowest BCUT2D eigenvalue weighted by molar-refractivity contribution is -0.137. The first-order chi connectivity index (χ1) is 8.60. The second-order valence-corrected chi connectivity index (χ2v) is 6.60. The third kappa shape index (κ3) is 4.82. The Bertz CT molecular complexity index is 347. The number of nitrogens with zero attached hydrogens (tertiary/aromatic N) is 2. The quantitative estimate of drug-likeness (QED) is 0.801. The topological polar surface area (TPSA) is 60.9 Å². The minimum atomic E-state index is -0.912. The van der Waals surface area contributed by atoms with Crippen LogP contribution >= 0.6 is 0 Å². The smallest absolute Gasteiger partial charge is 0.227 e. The molecule has 1 aliphatic rings. The van der Waals surface area contributed by atoms with Gasteiger partial charge >= 0.3 is 0 Å². The zero-order chi connectivity index (χ0) is 14.8. The summed E-state index contributed by atoms with van der Waals surface area (Å²) in [6.07, 6.45) is 0.293. The number of aliphatic hydroxyl groups is 1. The summed E-state index contributed by atoms with van der Waals surface area (Å²) in [4.78, 5) is 27.4. The number of likely N-dealkylation sites (tertiary alicyclic amines) is 1. The summed E-state index contributed by atoms with van der Waals surface area (Å²) in [7, 11) is 1.68. The first-order valence-corrected chi connectivity index (χ1v) is 6.85. The zero-order valence-electron chi connectivity index (χ0n) is 12.6. The highest BCUT2D eigenvalue weighted by molar-refractivity contribution is 5.89. The van der Waals surface area contributed by atoms with Gasteiger partial charge in [0.25, 0.3) is 0 Å². The first kappa shape index (κ1) is 16.0. The number of carbonyl (C=O) groups excluding carboxylic acids is 2. The minimum Gasteiger partial charge on any atom is -0.389 e. The number of likely N-dealkylation sites (N-methyl/N-ethyl adjacent to an activating group) is 1. The summed E-state index contributed by atoms with van der Waals surface area (Å²) in [6.45, 7) is 8.94. The number of carbonyl (C=O) groups is 2. The van der Waals surface area contributed by atoms with Gasteiger partial charge in [-0.25, -0.2) is 0 Å². The molecule has 0 radical (unpaired) electrons. The Labute approximate surface area is 115 Å². The van der Waals surface area contributed by atoms with E-state index in [2.05, 4.69) is 13.8 Å². The predicted molar refractivity (Wildman–Crippen MR) is 73.5 cm³/mol. The highest BCUT2D eigenvalue weighted by atomic mass is 16.3. The van der Waals surface area contributed by atoms with Crippen molar-refractivity contribution in [3.05, 3.63) is 0 Å². The van der Waals surface area contributed by atoms with Gasteiger partial charge in [-0.05, 0) is 19.8 Å². The van der Waals surface area contributed by atoms with Gasteiger partial charge in [-0.1, -0.05) is 13.8 Å². The number of hydrogen-bond acceptors (Lipinski definition) is 3. The molecule has 0 aliphatic carbocycles. The van der Waals surface area contributed by atoms with E-state index >= 15 is 0 Å².